The van der Waals surface area contributed by atoms with Crippen LogP contribution in [0, 0.1) is 0 Å². The van der Waals surface area contributed by atoms with Crippen molar-refractivity contribution in [1.82, 2.24) is 4.98 Å². The van der Waals surface area contributed by atoms with Crippen LogP contribution in [0.4, 0.5) is 5.69 Å². The highest BCUT2D eigenvalue weighted by Crippen LogP contribution is 2.36. The van der Waals surface area contributed by atoms with Gasteiger partial charge in [-0.3, -0.25) is 4.79 Å². The lowest BCUT2D eigenvalue weighted by Crippen LogP contribution is -2.34. The highest BCUT2D eigenvalue weighted by molar-refractivity contribution is 7.09. The van der Waals surface area contributed by atoms with Gasteiger partial charge < -0.3 is 10.8 Å². The van der Waals surface area contributed by atoms with Crippen molar-refractivity contribution in [3.8, 4) is 0 Å². The van der Waals surface area contributed by atoms with E-state index in [4.69, 9.17) is 5.73 Å². The molecule has 1 aromatic carbocycles. The van der Waals surface area contributed by atoms with Crippen LogP contribution in [0.15, 0.2) is 35.8 Å². The fraction of sp³-hybridized carbons (Fsp3) is 0.167. The summed E-state index contributed by atoms with van der Waals surface area (Å²) in [6.07, 6.45) is 1.60. The largest absolute Gasteiger partial charge is 0.480 e. The number of anilines is 1. The molecule has 17 heavy (non-hydrogen) atoms. The van der Waals surface area contributed by atoms with Crippen molar-refractivity contribution >= 4 is 23.0 Å². The molecule has 1 atom stereocenters. The molecular formula is C12H12N2O2S. The number of benzene rings is 1. The molecule has 0 saturated heterocycles. The maximum absolute atomic E-state index is 11.6. The normalized spacial score (nSPS) is 14.2. The molecule has 0 aliphatic rings. The van der Waals surface area contributed by atoms with E-state index >= 15 is 0 Å². The molecule has 88 valence electrons. The standard InChI is InChI=1S/C12H12N2O2S/c1-12(11(15)16,10-14-6-7-17-10)8-4-2-3-5-9(8)13/h2-7H,13H2,1H3,(H,15,16). The number of carboxylic acids is 1. The second-order valence-electron chi connectivity index (χ2n) is 3.85. The van der Waals surface area contributed by atoms with Crippen molar-refractivity contribution in [3.05, 3.63) is 46.4 Å². The Morgan fingerprint density at radius 2 is 2.18 bits per heavy atom. The molecule has 4 nitrogen and oxygen atoms in total. The highest BCUT2D eigenvalue weighted by atomic mass is 32.1. The van der Waals surface area contributed by atoms with Crippen molar-refractivity contribution in [2.24, 2.45) is 0 Å². The number of hydrogen-bond donors (Lipinski definition) is 2. The Balaban J connectivity index is 2.65. The maximum atomic E-state index is 11.6. The number of hydrogen-bond acceptors (Lipinski definition) is 4. The average Bonchev–Trinajstić information content (AvgIpc) is 2.82. The summed E-state index contributed by atoms with van der Waals surface area (Å²) >= 11 is 1.31. The molecular weight excluding hydrogens is 236 g/mol. The Morgan fingerprint density at radius 1 is 1.47 bits per heavy atom. The number of rotatable bonds is 3. The van der Waals surface area contributed by atoms with E-state index in [2.05, 4.69) is 4.98 Å². The van der Waals surface area contributed by atoms with Crippen LogP contribution in [-0.4, -0.2) is 16.1 Å². The summed E-state index contributed by atoms with van der Waals surface area (Å²) in [5.74, 6) is -0.953. The summed E-state index contributed by atoms with van der Waals surface area (Å²) in [5, 5.41) is 11.8. The van der Waals surface area contributed by atoms with Crippen LogP contribution in [0.2, 0.25) is 0 Å². The third kappa shape index (κ3) is 1.78. The van der Waals surface area contributed by atoms with Gasteiger partial charge in [-0.15, -0.1) is 11.3 Å². The van der Waals surface area contributed by atoms with Gasteiger partial charge in [-0.2, -0.15) is 0 Å². The predicted molar refractivity (Wildman–Crippen MR) is 67.1 cm³/mol. The first kappa shape index (κ1) is 11.6. The summed E-state index contributed by atoms with van der Waals surface area (Å²) in [5.41, 5.74) is 5.71. The Morgan fingerprint density at radius 3 is 2.71 bits per heavy atom. The lowest BCUT2D eigenvalue weighted by atomic mass is 9.82. The summed E-state index contributed by atoms with van der Waals surface area (Å²) in [4.78, 5) is 15.7. The SMILES string of the molecule is CC(C(=O)O)(c1nccs1)c1ccccc1N. The van der Waals surface area contributed by atoms with Crippen molar-refractivity contribution in [2.45, 2.75) is 12.3 Å². The van der Waals surface area contributed by atoms with Gasteiger partial charge in [0.25, 0.3) is 0 Å². The third-order valence-corrected chi connectivity index (χ3v) is 3.78. The first-order valence-corrected chi connectivity index (χ1v) is 5.93. The molecule has 0 spiro atoms. The van der Waals surface area contributed by atoms with Crippen LogP contribution in [0.3, 0.4) is 0 Å². The molecule has 0 saturated carbocycles. The Kier molecular flexibility index (Phi) is 2.85. The van der Waals surface area contributed by atoms with Gasteiger partial charge in [0.1, 0.15) is 10.4 Å². The first-order valence-electron chi connectivity index (χ1n) is 5.05. The molecule has 0 aliphatic carbocycles. The van der Waals surface area contributed by atoms with Crippen molar-refractivity contribution in [1.29, 1.82) is 0 Å². The van der Waals surface area contributed by atoms with Crippen molar-refractivity contribution in [3.63, 3.8) is 0 Å². The maximum Gasteiger partial charge on any atom is 0.320 e. The smallest absolute Gasteiger partial charge is 0.320 e. The van der Waals surface area contributed by atoms with E-state index in [1.54, 1.807) is 42.8 Å². The fourth-order valence-corrected chi connectivity index (χ4v) is 2.55. The van der Waals surface area contributed by atoms with Crippen LogP contribution in [-0.2, 0) is 10.2 Å². The number of carboxylic acid groups (broad SMARTS) is 1. The minimum Gasteiger partial charge on any atom is -0.480 e. The van der Waals surface area contributed by atoms with Crippen LogP contribution in [0.1, 0.15) is 17.5 Å². The van der Waals surface area contributed by atoms with Gasteiger partial charge in [0.05, 0.1) is 0 Å². The lowest BCUT2D eigenvalue weighted by molar-refractivity contribution is -0.141. The van der Waals surface area contributed by atoms with E-state index in [0.717, 1.165) is 0 Å². The molecule has 0 amide bonds. The zero-order valence-corrected chi connectivity index (χ0v) is 10.1. The highest BCUT2D eigenvalue weighted by Gasteiger charge is 2.41. The topological polar surface area (TPSA) is 76.2 Å². The number of aromatic nitrogens is 1. The van der Waals surface area contributed by atoms with Gasteiger partial charge in [-0.25, -0.2) is 4.98 Å². The van der Waals surface area contributed by atoms with Crippen molar-refractivity contribution in [2.75, 3.05) is 5.73 Å². The van der Waals surface area contributed by atoms with Gasteiger partial charge in [-0.05, 0) is 18.6 Å². The van der Waals surface area contributed by atoms with Gasteiger partial charge in [0.15, 0.2) is 0 Å². The van der Waals surface area contributed by atoms with Crippen LogP contribution in [0.25, 0.3) is 0 Å². The first-order chi connectivity index (χ1) is 8.06. The molecule has 0 bridgehead atoms. The molecule has 1 unspecified atom stereocenters. The zero-order valence-electron chi connectivity index (χ0n) is 9.25. The van der Waals surface area contributed by atoms with E-state index < -0.39 is 11.4 Å². The van der Waals surface area contributed by atoms with E-state index in [1.165, 1.54) is 11.3 Å². The third-order valence-electron chi connectivity index (χ3n) is 2.79. The van der Waals surface area contributed by atoms with Gasteiger partial charge in [0, 0.05) is 17.3 Å². The molecule has 1 heterocycles. The molecule has 5 heteroatoms. The van der Waals surface area contributed by atoms with Gasteiger partial charge >= 0.3 is 5.97 Å². The van der Waals surface area contributed by atoms with E-state index in [-0.39, 0.29) is 0 Å². The number of thiazole rings is 1. The number of para-hydroxylation sites is 1. The fourth-order valence-electron chi connectivity index (χ4n) is 1.74. The predicted octanol–water partition coefficient (Wildman–Crippen LogP) is 2.12. The number of carbonyl (C=O) groups is 1. The lowest BCUT2D eigenvalue weighted by Gasteiger charge is -2.24. The van der Waals surface area contributed by atoms with Crippen LogP contribution < -0.4 is 5.73 Å². The molecule has 0 fully saturated rings. The summed E-state index contributed by atoms with van der Waals surface area (Å²) < 4.78 is 0. The minimum atomic E-state index is -1.19. The van der Waals surface area contributed by atoms with E-state index in [9.17, 15) is 9.90 Å². The second-order valence-corrected chi connectivity index (χ2v) is 4.75. The van der Waals surface area contributed by atoms with Crippen LogP contribution in [0.5, 0.6) is 0 Å². The van der Waals surface area contributed by atoms with Crippen molar-refractivity contribution < 1.29 is 9.90 Å². The quantitative estimate of drug-likeness (QED) is 0.816. The Labute approximate surface area is 103 Å². The zero-order chi connectivity index (χ0) is 12.5. The van der Waals surface area contributed by atoms with Gasteiger partial charge in [-0.1, -0.05) is 18.2 Å². The molecule has 0 radical (unpaired) electrons. The monoisotopic (exact) mass is 248 g/mol. The summed E-state index contributed by atoms with van der Waals surface area (Å²) in [6, 6.07) is 6.98. The molecule has 2 rings (SSSR count). The summed E-state index contributed by atoms with van der Waals surface area (Å²) in [6.45, 7) is 1.62. The van der Waals surface area contributed by atoms with Crippen LogP contribution >= 0.6 is 11.3 Å². The molecule has 1 aromatic heterocycles. The minimum absolute atomic E-state index is 0.465. The molecule has 3 N–H and O–H groups in total. The van der Waals surface area contributed by atoms with Gasteiger partial charge in [0.2, 0.25) is 0 Å². The second kappa shape index (κ2) is 4.18. The number of nitrogens with zero attached hydrogens (tertiary/aromatic N) is 1. The summed E-state index contributed by atoms with van der Waals surface area (Å²) in [7, 11) is 0. The van der Waals surface area contributed by atoms with E-state index in [1.807, 2.05) is 0 Å². The Hall–Kier alpha value is -1.88. The molecule has 0 aliphatic heterocycles. The Bertz CT molecular complexity index is 539. The average molecular weight is 248 g/mol. The van der Waals surface area contributed by atoms with E-state index in [0.29, 0.717) is 16.3 Å². The number of nitrogens with two attached hydrogens (primary N) is 1. The number of nitrogen functional groups attached to an aromatic ring is 1. The molecule has 2 aromatic rings. The number of aliphatic carboxylic acids is 1.